The molecular formula is C24H31ClN2O3. The summed E-state index contributed by atoms with van der Waals surface area (Å²) in [7, 11) is 0. The molecule has 0 bridgehead atoms. The van der Waals surface area contributed by atoms with Gasteiger partial charge in [-0.2, -0.15) is 0 Å². The lowest BCUT2D eigenvalue weighted by atomic mass is 10.1. The molecule has 0 aliphatic carbocycles. The second-order valence-corrected chi connectivity index (χ2v) is 7.52. The molecule has 0 saturated heterocycles. The van der Waals surface area contributed by atoms with Crippen LogP contribution in [0.3, 0.4) is 0 Å². The molecule has 0 aromatic heterocycles. The first-order valence-corrected chi connectivity index (χ1v) is 10.9. The van der Waals surface area contributed by atoms with Crippen molar-refractivity contribution in [3.8, 4) is 5.75 Å². The van der Waals surface area contributed by atoms with Crippen LogP contribution in [0.4, 0.5) is 0 Å². The van der Waals surface area contributed by atoms with Crippen LogP contribution in [0.5, 0.6) is 5.75 Å². The van der Waals surface area contributed by atoms with E-state index in [2.05, 4.69) is 12.2 Å². The molecule has 0 heterocycles. The minimum Gasteiger partial charge on any atom is -0.482 e. The van der Waals surface area contributed by atoms with Gasteiger partial charge in [0, 0.05) is 13.1 Å². The molecule has 2 rings (SSSR count). The van der Waals surface area contributed by atoms with Crippen LogP contribution in [0.25, 0.3) is 0 Å². The number of carbonyl (C=O) groups excluding carboxylic acids is 2. The standard InChI is InChI=1S/C24H31ClN2O3/c1-3-5-16-26-24(29)21(4-2)27(17-15-19-11-7-6-8-12-19)23(28)18-30-22-14-10-9-13-20(22)25/h6-14,21H,3-5,15-18H2,1-2H3,(H,26,29)/t21-/m0/s1. The molecular weight excluding hydrogens is 400 g/mol. The first-order chi connectivity index (χ1) is 14.6. The SMILES string of the molecule is CCCCNC(=O)[C@H](CC)N(CCc1ccccc1)C(=O)COc1ccccc1Cl. The number of nitrogens with zero attached hydrogens (tertiary/aromatic N) is 1. The van der Waals surface area contributed by atoms with Gasteiger partial charge in [-0.25, -0.2) is 0 Å². The molecule has 5 nitrogen and oxygen atoms in total. The second-order valence-electron chi connectivity index (χ2n) is 7.11. The lowest BCUT2D eigenvalue weighted by molar-refractivity contribution is -0.142. The largest absolute Gasteiger partial charge is 0.482 e. The lowest BCUT2D eigenvalue weighted by Crippen LogP contribution is -2.51. The Labute approximate surface area is 184 Å². The molecule has 0 spiro atoms. The number of nitrogens with one attached hydrogen (secondary N) is 1. The van der Waals surface area contributed by atoms with E-state index in [-0.39, 0.29) is 18.4 Å². The Hall–Kier alpha value is -2.53. The van der Waals surface area contributed by atoms with E-state index in [1.54, 1.807) is 29.2 Å². The minimum atomic E-state index is -0.534. The molecule has 0 unspecified atom stereocenters. The summed E-state index contributed by atoms with van der Waals surface area (Å²) in [6.07, 6.45) is 3.11. The average Bonchev–Trinajstić information content (AvgIpc) is 2.76. The maximum atomic E-state index is 13.1. The molecule has 0 fully saturated rings. The highest BCUT2D eigenvalue weighted by Crippen LogP contribution is 2.23. The Morgan fingerprint density at radius 1 is 1.07 bits per heavy atom. The van der Waals surface area contributed by atoms with E-state index >= 15 is 0 Å². The Morgan fingerprint density at radius 2 is 1.77 bits per heavy atom. The molecule has 1 N–H and O–H groups in total. The summed E-state index contributed by atoms with van der Waals surface area (Å²) < 4.78 is 5.65. The molecule has 2 aromatic carbocycles. The molecule has 162 valence electrons. The van der Waals surface area contributed by atoms with Crippen LogP contribution in [0, 0.1) is 0 Å². The van der Waals surface area contributed by atoms with Crippen molar-refractivity contribution in [3.63, 3.8) is 0 Å². The van der Waals surface area contributed by atoms with Crippen molar-refractivity contribution in [1.82, 2.24) is 10.2 Å². The number of halogens is 1. The van der Waals surface area contributed by atoms with Gasteiger partial charge in [0.2, 0.25) is 5.91 Å². The van der Waals surface area contributed by atoms with Gasteiger partial charge in [-0.05, 0) is 37.0 Å². The van der Waals surface area contributed by atoms with Crippen molar-refractivity contribution in [2.45, 2.75) is 45.6 Å². The number of ether oxygens (including phenoxy) is 1. The van der Waals surface area contributed by atoms with Gasteiger partial charge in [0.1, 0.15) is 11.8 Å². The fourth-order valence-electron chi connectivity index (χ4n) is 3.19. The molecule has 2 amide bonds. The van der Waals surface area contributed by atoms with Crippen molar-refractivity contribution in [2.24, 2.45) is 0 Å². The topological polar surface area (TPSA) is 58.6 Å². The molecule has 2 aromatic rings. The molecule has 1 atom stereocenters. The van der Waals surface area contributed by atoms with Gasteiger partial charge in [-0.3, -0.25) is 9.59 Å². The van der Waals surface area contributed by atoms with E-state index in [0.717, 1.165) is 18.4 Å². The van der Waals surface area contributed by atoms with E-state index in [1.807, 2.05) is 37.3 Å². The van der Waals surface area contributed by atoms with E-state index < -0.39 is 6.04 Å². The van der Waals surface area contributed by atoms with E-state index in [1.165, 1.54) is 0 Å². The van der Waals surface area contributed by atoms with E-state index in [9.17, 15) is 9.59 Å². The number of hydrogen-bond acceptors (Lipinski definition) is 3. The Bertz CT molecular complexity index is 798. The first-order valence-electron chi connectivity index (χ1n) is 10.5. The summed E-state index contributed by atoms with van der Waals surface area (Å²) in [4.78, 5) is 27.5. The van der Waals surface area contributed by atoms with Gasteiger partial charge in [-0.15, -0.1) is 0 Å². The third kappa shape index (κ3) is 7.38. The number of unbranched alkanes of at least 4 members (excludes halogenated alkanes) is 1. The van der Waals surface area contributed by atoms with Gasteiger partial charge >= 0.3 is 0 Å². The van der Waals surface area contributed by atoms with Crippen molar-refractivity contribution in [1.29, 1.82) is 0 Å². The Balaban J connectivity index is 2.10. The quantitative estimate of drug-likeness (QED) is 0.505. The highest BCUT2D eigenvalue weighted by molar-refractivity contribution is 6.32. The molecule has 0 saturated carbocycles. The van der Waals surface area contributed by atoms with Gasteiger partial charge in [0.25, 0.3) is 5.91 Å². The van der Waals surface area contributed by atoms with Crippen LogP contribution >= 0.6 is 11.6 Å². The van der Waals surface area contributed by atoms with Crippen molar-refractivity contribution in [3.05, 3.63) is 65.2 Å². The number of benzene rings is 2. The second kappa shape index (κ2) is 12.9. The Morgan fingerprint density at radius 3 is 2.43 bits per heavy atom. The lowest BCUT2D eigenvalue weighted by Gasteiger charge is -2.30. The number of carbonyl (C=O) groups is 2. The maximum Gasteiger partial charge on any atom is 0.261 e. The molecule has 30 heavy (non-hydrogen) atoms. The zero-order valence-electron chi connectivity index (χ0n) is 17.8. The van der Waals surface area contributed by atoms with E-state index in [4.69, 9.17) is 16.3 Å². The Kier molecular flexibility index (Phi) is 10.2. The molecule has 0 aliphatic rings. The maximum absolute atomic E-state index is 13.1. The average molecular weight is 431 g/mol. The normalized spacial score (nSPS) is 11.6. The van der Waals surface area contributed by atoms with Crippen LogP contribution in [-0.4, -0.2) is 42.5 Å². The van der Waals surface area contributed by atoms with Gasteiger partial charge in [0.05, 0.1) is 5.02 Å². The summed E-state index contributed by atoms with van der Waals surface area (Å²) in [6, 6.07) is 16.4. The summed E-state index contributed by atoms with van der Waals surface area (Å²) in [5.74, 6) is 0.101. The number of amides is 2. The summed E-state index contributed by atoms with van der Waals surface area (Å²) in [5.41, 5.74) is 1.11. The van der Waals surface area contributed by atoms with Crippen LogP contribution in [0.1, 0.15) is 38.7 Å². The van der Waals surface area contributed by atoms with Crippen molar-refractivity contribution in [2.75, 3.05) is 19.7 Å². The van der Waals surface area contributed by atoms with Gasteiger partial charge < -0.3 is 15.0 Å². The van der Waals surface area contributed by atoms with Crippen molar-refractivity contribution < 1.29 is 14.3 Å². The third-order valence-electron chi connectivity index (χ3n) is 4.89. The summed E-state index contributed by atoms with van der Waals surface area (Å²) in [6.45, 7) is 4.88. The van der Waals surface area contributed by atoms with Crippen LogP contribution < -0.4 is 10.1 Å². The number of rotatable bonds is 12. The number of hydrogen-bond donors (Lipinski definition) is 1. The van der Waals surface area contributed by atoms with Crippen LogP contribution in [0.15, 0.2) is 54.6 Å². The molecule has 0 radical (unpaired) electrons. The zero-order chi connectivity index (χ0) is 21.8. The first kappa shape index (κ1) is 23.7. The molecule has 6 heteroatoms. The summed E-state index contributed by atoms with van der Waals surface area (Å²) >= 11 is 6.13. The molecule has 0 aliphatic heterocycles. The summed E-state index contributed by atoms with van der Waals surface area (Å²) in [5, 5.41) is 3.41. The van der Waals surface area contributed by atoms with Crippen LogP contribution in [0.2, 0.25) is 5.02 Å². The van der Waals surface area contributed by atoms with Gasteiger partial charge in [-0.1, -0.05) is 74.3 Å². The zero-order valence-corrected chi connectivity index (χ0v) is 18.5. The van der Waals surface area contributed by atoms with Crippen molar-refractivity contribution >= 4 is 23.4 Å². The van der Waals surface area contributed by atoms with E-state index in [0.29, 0.717) is 36.7 Å². The minimum absolute atomic E-state index is 0.120. The fourth-order valence-corrected chi connectivity index (χ4v) is 3.38. The monoisotopic (exact) mass is 430 g/mol. The third-order valence-corrected chi connectivity index (χ3v) is 5.20. The number of para-hydroxylation sites is 1. The van der Waals surface area contributed by atoms with Crippen LogP contribution in [-0.2, 0) is 16.0 Å². The smallest absolute Gasteiger partial charge is 0.261 e. The predicted molar refractivity (Wildman–Crippen MR) is 121 cm³/mol. The van der Waals surface area contributed by atoms with Gasteiger partial charge in [0.15, 0.2) is 6.61 Å². The highest BCUT2D eigenvalue weighted by atomic mass is 35.5. The highest BCUT2D eigenvalue weighted by Gasteiger charge is 2.28. The predicted octanol–water partition coefficient (Wildman–Crippen LogP) is 4.49. The fraction of sp³-hybridized carbons (Fsp3) is 0.417.